The normalized spacial score (nSPS) is 19.9. The van der Waals surface area contributed by atoms with Gasteiger partial charge in [0.25, 0.3) is 5.91 Å². The van der Waals surface area contributed by atoms with Gasteiger partial charge in [0.15, 0.2) is 11.6 Å². The molecule has 4 nitrogen and oxygen atoms in total. The maximum atomic E-state index is 12.0. The first kappa shape index (κ1) is 10.5. The summed E-state index contributed by atoms with van der Waals surface area (Å²) in [4.78, 5) is 17.5. The summed E-state index contributed by atoms with van der Waals surface area (Å²) >= 11 is 0. The number of amidine groups is 1. The Labute approximate surface area is 104 Å². The fourth-order valence-electron chi connectivity index (χ4n) is 1.85. The molecule has 1 aromatic rings. The third kappa shape index (κ3) is 1.64. The highest BCUT2D eigenvalue weighted by atomic mass is 16.3. The van der Waals surface area contributed by atoms with Gasteiger partial charge in [-0.2, -0.15) is 0 Å². The Morgan fingerprint density at radius 3 is 2.72 bits per heavy atom. The Hall–Kier alpha value is -2.62. The number of carbonyl (C=O) groups excluding carboxylic acids is 1. The summed E-state index contributed by atoms with van der Waals surface area (Å²) in [5.74, 6) is 0.0525. The number of benzene rings is 1. The van der Waals surface area contributed by atoms with Gasteiger partial charge in [-0.05, 0) is 23.8 Å². The first-order chi connectivity index (χ1) is 8.75. The molecule has 0 fully saturated rings. The van der Waals surface area contributed by atoms with Crippen LogP contribution < -0.4 is 0 Å². The van der Waals surface area contributed by atoms with Crippen molar-refractivity contribution in [3.8, 4) is 0 Å². The molecule has 0 bridgehead atoms. The van der Waals surface area contributed by atoms with E-state index in [9.17, 15) is 9.90 Å². The lowest BCUT2D eigenvalue weighted by Gasteiger charge is -2.14. The van der Waals surface area contributed by atoms with Crippen LogP contribution in [0.25, 0.3) is 6.08 Å². The van der Waals surface area contributed by atoms with Gasteiger partial charge in [0.2, 0.25) is 0 Å². The van der Waals surface area contributed by atoms with Crippen molar-refractivity contribution < 1.29 is 9.90 Å². The second-order valence-electron chi connectivity index (χ2n) is 3.94. The molecule has 1 aromatic carbocycles. The maximum Gasteiger partial charge on any atom is 0.282 e. The molecule has 18 heavy (non-hydrogen) atoms. The van der Waals surface area contributed by atoms with Crippen LogP contribution in [0.5, 0.6) is 0 Å². The lowest BCUT2D eigenvalue weighted by atomic mass is 10.2. The zero-order valence-corrected chi connectivity index (χ0v) is 9.45. The van der Waals surface area contributed by atoms with Gasteiger partial charge >= 0.3 is 0 Å². The van der Waals surface area contributed by atoms with Crippen molar-refractivity contribution in [2.24, 2.45) is 4.99 Å². The number of hydrogen-bond acceptors (Lipinski definition) is 3. The summed E-state index contributed by atoms with van der Waals surface area (Å²) in [5.41, 5.74) is 1.22. The van der Waals surface area contributed by atoms with Crippen molar-refractivity contribution in [2.45, 2.75) is 0 Å². The third-order valence-electron chi connectivity index (χ3n) is 2.71. The van der Waals surface area contributed by atoms with E-state index in [2.05, 4.69) is 4.99 Å². The molecule has 2 aliphatic heterocycles. The minimum absolute atomic E-state index is 0.00214. The number of aliphatic hydroxyl groups excluding tert-OH is 1. The molecule has 4 heteroatoms. The Morgan fingerprint density at radius 1 is 1.22 bits per heavy atom. The van der Waals surface area contributed by atoms with E-state index in [0.717, 1.165) is 5.56 Å². The zero-order chi connectivity index (χ0) is 12.5. The molecule has 0 saturated heterocycles. The first-order valence-electron chi connectivity index (χ1n) is 5.52. The Kier molecular flexibility index (Phi) is 2.34. The van der Waals surface area contributed by atoms with Gasteiger partial charge in [-0.3, -0.25) is 9.69 Å². The predicted octanol–water partition coefficient (Wildman–Crippen LogP) is 2.24. The topological polar surface area (TPSA) is 52.9 Å². The molecule has 0 aromatic heterocycles. The second kappa shape index (κ2) is 4.00. The summed E-state index contributed by atoms with van der Waals surface area (Å²) in [6.45, 7) is 0. The monoisotopic (exact) mass is 238 g/mol. The SMILES string of the molecule is O=C1/C(=C/c2ccccc2)N=C2C(O)=CC=CN12. The lowest BCUT2D eigenvalue weighted by molar-refractivity contribution is -0.121. The Balaban J connectivity index is 2.01. The molecule has 1 amide bonds. The van der Waals surface area contributed by atoms with Crippen LogP contribution in [0.3, 0.4) is 0 Å². The molecule has 3 rings (SSSR count). The largest absolute Gasteiger partial charge is 0.504 e. The van der Waals surface area contributed by atoms with Crippen molar-refractivity contribution in [1.82, 2.24) is 4.90 Å². The molecular formula is C14H10N2O2. The summed E-state index contributed by atoms with van der Waals surface area (Å²) in [6.07, 6.45) is 6.41. The number of hydrogen-bond donors (Lipinski definition) is 1. The molecule has 0 atom stereocenters. The third-order valence-corrected chi connectivity index (χ3v) is 2.71. The van der Waals surface area contributed by atoms with Gasteiger partial charge in [0.05, 0.1) is 0 Å². The number of amides is 1. The van der Waals surface area contributed by atoms with Crippen LogP contribution >= 0.6 is 0 Å². The molecule has 2 aliphatic rings. The first-order valence-corrected chi connectivity index (χ1v) is 5.52. The van der Waals surface area contributed by atoms with Crippen molar-refractivity contribution in [2.75, 3.05) is 0 Å². The summed E-state index contributed by atoms with van der Waals surface area (Å²) in [5, 5.41) is 9.64. The van der Waals surface area contributed by atoms with Crippen LogP contribution in [-0.4, -0.2) is 21.7 Å². The zero-order valence-electron chi connectivity index (χ0n) is 9.45. The van der Waals surface area contributed by atoms with Crippen LogP contribution in [-0.2, 0) is 4.79 Å². The summed E-state index contributed by atoms with van der Waals surface area (Å²) < 4.78 is 0. The van der Waals surface area contributed by atoms with Gasteiger partial charge < -0.3 is 5.11 Å². The second-order valence-corrected chi connectivity index (χ2v) is 3.94. The molecule has 1 N–H and O–H groups in total. The van der Waals surface area contributed by atoms with Gasteiger partial charge in [-0.15, -0.1) is 0 Å². The van der Waals surface area contributed by atoms with Gasteiger partial charge in [-0.25, -0.2) is 4.99 Å². The predicted molar refractivity (Wildman–Crippen MR) is 68.6 cm³/mol. The fraction of sp³-hybridized carbons (Fsp3) is 0. The molecule has 0 spiro atoms. The van der Waals surface area contributed by atoms with E-state index in [-0.39, 0.29) is 17.5 Å². The average molecular weight is 238 g/mol. The highest BCUT2D eigenvalue weighted by Crippen LogP contribution is 2.23. The van der Waals surface area contributed by atoms with Gasteiger partial charge in [-0.1, -0.05) is 30.3 Å². The van der Waals surface area contributed by atoms with Crippen LogP contribution in [0.2, 0.25) is 0 Å². The van der Waals surface area contributed by atoms with Crippen molar-refractivity contribution in [3.63, 3.8) is 0 Å². The molecule has 0 saturated carbocycles. The van der Waals surface area contributed by atoms with Crippen LogP contribution in [0.1, 0.15) is 5.56 Å². The smallest absolute Gasteiger partial charge is 0.282 e. The number of allylic oxidation sites excluding steroid dienone is 2. The standard InChI is InChI=1S/C14H10N2O2/c17-12-7-4-8-16-13(12)15-11(14(16)18)9-10-5-2-1-3-6-10/h1-9,17H/b11-9-. The number of carbonyl (C=O) groups is 1. The number of aliphatic imine (C=N–C) groups is 1. The van der Waals surface area contributed by atoms with Gasteiger partial charge in [0.1, 0.15) is 5.70 Å². The molecule has 0 unspecified atom stereocenters. The van der Waals surface area contributed by atoms with Crippen LogP contribution in [0.4, 0.5) is 0 Å². The fourth-order valence-corrected chi connectivity index (χ4v) is 1.85. The molecule has 88 valence electrons. The Morgan fingerprint density at radius 2 is 2.00 bits per heavy atom. The number of rotatable bonds is 1. The quantitative estimate of drug-likeness (QED) is 0.763. The van der Waals surface area contributed by atoms with E-state index in [1.807, 2.05) is 30.3 Å². The van der Waals surface area contributed by atoms with E-state index < -0.39 is 0 Å². The molecule has 0 aliphatic carbocycles. The number of nitrogens with zero attached hydrogens (tertiary/aromatic N) is 2. The highest BCUT2D eigenvalue weighted by Gasteiger charge is 2.31. The lowest BCUT2D eigenvalue weighted by Crippen LogP contribution is -2.29. The maximum absolute atomic E-state index is 12.0. The van der Waals surface area contributed by atoms with E-state index >= 15 is 0 Å². The van der Waals surface area contributed by atoms with Crippen LogP contribution in [0, 0.1) is 0 Å². The van der Waals surface area contributed by atoms with E-state index in [1.54, 1.807) is 18.4 Å². The highest BCUT2D eigenvalue weighted by molar-refractivity contribution is 6.20. The Bertz CT molecular complexity index is 624. The molecule has 0 radical (unpaired) electrons. The minimum atomic E-state index is -0.232. The number of fused-ring (bicyclic) bond motifs is 1. The van der Waals surface area contributed by atoms with E-state index in [1.165, 1.54) is 11.0 Å². The van der Waals surface area contributed by atoms with Gasteiger partial charge in [0, 0.05) is 6.20 Å². The van der Waals surface area contributed by atoms with Crippen LogP contribution in [0.15, 0.2) is 65.1 Å². The number of aliphatic hydroxyl groups is 1. The minimum Gasteiger partial charge on any atom is -0.504 e. The van der Waals surface area contributed by atoms with Crippen molar-refractivity contribution in [1.29, 1.82) is 0 Å². The van der Waals surface area contributed by atoms with Crippen molar-refractivity contribution >= 4 is 17.8 Å². The summed E-state index contributed by atoms with van der Waals surface area (Å²) in [6, 6.07) is 9.48. The summed E-state index contributed by atoms with van der Waals surface area (Å²) in [7, 11) is 0. The van der Waals surface area contributed by atoms with E-state index in [0.29, 0.717) is 5.70 Å². The molecular weight excluding hydrogens is 228 g/mol. The molecule has 2 heterocycles. The average Bonchev–Trinajstić information content (AvgIpc) is 2.70. The van der Waals surface area contributed by atoms with Crippen molar-refractivity contribution in [3.05, 3.63) is 65.7 Å². The van der Waals surface area contributed by atoms with E-state index in [4.69, 9.17) is 0 Å².